The molecular formula is C14H15BrN2O. The molecule has 0 aliphatic rings. The highest BCUT2D eigenvalue weighted by Gasteiger charge is 2.07. The number of rotatable bonds is 2. The van der Waals surface area contributed by atoms with Gasteiger partial charge in [-0.15, -0.1) is 0 Å². The van der Waals surface area contributed by atoms with Crippen LogP contribution >= 0.6 is 15.9 Å². The van der Waals surface area contributed by atoms with Gasteiger partial charge in [-0.1, -0.05) is 35.8 Å². The van der Waals surface area contributed by atoms with Gasteiger partial charge in [0.15, 0.2) is 0 Å². The zero-order valence-electron chi connectivity index (χ0n) is 10.6. The largest absolute Gasteiger partial charge is 0.307 e. The van der Waals surface area contributed by atoms with Gasteiger partial charge in [-0.05, 0) is 30.5 Å². The summed E-state index contributed by atoms with van der Waals surface area (Å²) >= 11 is 3.46. The third-order valence-electron chi connectivity index (χ3n) is 2.78. The van der Waals surface area contributed by atoms with Crippen molar-refractivity contribution in [1.29, 1.82) is 0 Å². The van der Waals surface area contributed by atoms with Crippen molar-refractivity contribution in [3.05, 3.63) is 50.3 Å². The first-order chi connectivity index (χ1) is 8.47. The molecule has 0 aliphatic carbocycles. The Bertz CT molecular complexity index is 632. The van der Waals surface area contributed by atoms with Gasteiger partial charge in [0.2, 0.25) is 0 Å². The molecule has 0 fully saturated rings. The van der Waals surface area contributed by atoms with Gasteiger partial charge in [-0.2, -0.15) is 0 Å². The lowest BCUT2D eigenvalue weighted by Gasteiger charge is -2.08. The normalized spacial score (nSPS) is 10.9. The lowest BCUT2D eigenvalue weighted by atomic mass is 10.1. The van der Waals surface area contributed by atoms with Crippen molar-refractivity contribution in [3.8, 4) is 11.4 Å². The second-order valence-electron chi connectivity index (χ2n) is 4.64. The predicted molar refractivity (Wildman–Crippen MR) is 76.8 cm³/mol. The van der Waals surface area contributed by atoms with E-state index in [0.29, 0.717) is 5.82 Å². The first-order valence-corrected chi connectivity index (χ1v) is 6.64. The number of nitrogens with zero attached hydrogens (tertiary/aromatic N) is 1. The number of hydrogen-bond donors (Lipinski definition) is 1. The van der Waals surface area contributed by atoms with Crippen molar-refractivity contribution < 1.29 is 0 Å². The number of aromatic nitrogens is 2. The molecule has 2 rings (SSSR count). The number of nitrogens with one attached hydrogen (secondary N) is 1. The number of halogens is 1. The SMILES string of the molecule is Cc1cc(-c2nc(C(C)C)cc(=O)[nH]2)ccc1Br. The van der Waals surface area contributed by atoms with E-state index < -0.39 is 0 Å². The molecule has 1 N–H and O–H groups in total. The molecule has 0 radical (unpaired) electrons. The van der Waals surface area contributed by atoms with Gasteiger partial charge in [0.25, 0.3) is 5.56 Å². The van der Waals surface area contributed by atoms with Crippen LogP contribution in [0.5, 0.6) is 0 Å². The monoisotopic (exact) mass is 306 g/mol. The molecule has 3 nitrogen and oxygen atoms in total. The van der Waals surface area contributed by atoms with Gasteiger partial charge in [-0.3, -0.25) is 4.79 Å². The highest BCUT2D eigenvalue weighted by atomic mass is 79.9. The number of aromatic amines is 1. The van der Waals surface area contributed by atoms with Crippen LogP contribution in [0.15, 0.2) is 33.5 Å². The second kappa shape index (κ2) is 5.06. The Kier molecular flexibility index (Phi) is 3.66. The highest BCUT2D eigenvalue weighted by Crippen LogP contribution is 2.23. The Hall–Kier alpha value is -1.42. The summed E-state index contributed by atoms with van der Waals surface area (Å²) in [6.07, 6.45) is 0. The first-order valence-electron chi connectivity index (χ1n) is 5.85. The van der Waals surface area contributed by atoms with Crippen LogP contribution in [0.1, 0.15) is 31.0 Å². The second-order valence-corrected chi connectivity index (χ2v) is 5.49. The van der Waals surface area contributed by atoms with Crippen molar-refractivity contribution in [2.24, 2.45) is 0 Å². The number of aryl methyl sites for hydroxylation is 1. The summed E-state index contributed by atoms with van der Waals surface area (Å²) in [6.45, 7) is 6.06. The first kappa shape index (κ1) is 13.0. The Labute approximate surface area is 114 Å². The Morgan fingerprint density at radius 1 is 1.28 bits per heavy atom. The smallest absolute Gasteiger partial charge is 0.251 e. The minimum atomic E-state index is -0.107. The zero-order chi connectivity index (χ0) is 13.3. The summed E-state index contributed by atoms with van der Waals surface area (Å²) < 4.78 is 1.05. The lowest BCUT2D eigenvalue weighted by molar-refractivity contribution is 0.812. The molecule has 1 aromatic heterocycles. The van der Waals surface area contributed by atoms with E-state index in [1.807, 2.05) is 39.0 Å². The molecule has 0 aliphatic heterocycles. The van der Waals surface area contributed by atoms with E-state index in [2.05, 4.69) is 25.9 Å². The number of hydrogen-bond acceptors (Lipinski definition) is 2. The zero-order valence-corrected chi connectivity index (χ0v) is 12.2. The molecule has 1 heterocycles. The molecule has 1 aromatic carbocycles. The predicted octanol–water partition coefficient (Wildman–Crippen LogP) is 3.63. The van der Waals surface area contributed by atoms with Crippen molar-refractivity contribution in [2.75, 3.05) is 0 Å². The van der Waals surface area contributed by atoms with E-state index in [0.717, 1.165) is 21.3 Å². The van der Waals surface area contributed by atoms with E-state index in [-0.39, 0.29) is 11.5 Å². The van der Waals surface area contributed by atoms with E-state index in [4.69, 9.17) is 0 Å². The third kappa shape index (κ3) is 2.70. The lowest BCUT2D eigenvalue weighted by Crippen LogP contribution is -2.11. The summed E-state index contributed by atoms with van der Waals surface area (Å²) in [5.74, 6) is 0.865. The third-order valence-corrected chi connectivity index (χ3v) is 3.67. The molecule has 0 amide bonds. The van der Waals surface area contributed by atoms with Crippen LogP contribution < -0.4 is 5.56 Å². The molecule has 4 heteroatoms. The fourth-order valence-corrected chi connectivity index (χ4v) is 1.95. The summed E-state index contributed by atoms with van der Waals surface area (Å²) in [5, 5.41) is 0. The fraction of sp³-hybridized carbons (Fsp3) is 0.286. The molecule has 0 saturated heterocycles. The summed E-state index contributed by atoms with van der Waals surface area (Å²) in [5.41, 5.74) is 2.75. The molecule has 0 saturated carbocycles. The summed E-state index contributed by atoms with van der Waals surface area (Å²) in [7, 11) is 0. The van der Waals surface area contributed by atoms with Crippen LogP contribution in [0.3, 0.4) is 0 Å². The van der Waals surface area contributed by atoms with Crippen molar-refractivity contribution in [3.63, 3.8) is 0 Å². The number of H-pyrrole nitrogens is 1. The molecule has 0 atom stereocenters. The number of benzene rings is 1. The topological polar surface area (TPSA) is 45.8 Å². The average molecular weight is 307 g/mol. The summed E-state index contributed by atoms with van der Waals surface area (Å²) in [6, 6.07) is 7.47. The molecule has 0 unspecified atom stereocenters. The quantitative estimate of drug-likeness (QED) is 0.921. The Balaban J connectivity index is 2.56. The van der Waals surface area contributed by atoms with Crippen LogP contribution in [0.2, 0.25) is 0 Å². The molecule has 0 bridgehead atoms. The average Bonchev–Trinajstić information content (AvgIpc) is 2.31. The maximum atomic E-state index is 11.6. The van der Waals surface area contributed by atoms with Crippen LogP contribution in [0, 0.1) is 6.92 Å². The molecule has 18 heavy (non-hydrogen) atoms. The Morgan fingerprint density at radius 3 is 2.61 bits per heavy atom. The van der Waals surface area contributed by atoms with Crippen molar-refractivity contribution >= 4 is 15.9 Å². The van der Waals surface area contributed by atoms with E-state index in [1.165, 1.54) is 0 Å². The van der Waals surface area contributed by atoms with Crippen LogP contribution in [0.25, 0.3) is 11.4 Å². The van der Waals surface area contributed by atoms with Gasteiger partial charge in [0.05, 0.1) is 5.69 Å². The summed E-state index contributed by atoms with van der Waals surface area (Å²) in [4.78, 5) is 18.9. The Morgan fingerprint density at radius 2 is 2.00 bits per heavy atom. The molecule has 2 aromatic rings. The minimum absolute atomic E-state index is 0.107. The standard InChI is InChI=1S/C14H15BrN2O/c1-8(2)12-7-13(18)17-14(16-12)10-4-5-11(15)9(3)6-10/h4-8H,1-3H3,(H,16,17,18). The van der Waals surface area contributed by atoms with E-state index in [9.17, 15) is 4.79 Å². The van der Waals surface area contributed by atoms with Gasteiger partial charge in [0.1, 0.15) is 5.82 Å². The van der Waals surface area contributed by atoms with E-state index >= 15 is 0 Å². The molecule has 94 valence electrons. The van der Waals surface area contributed by atoms with Crippen LogP contribution in [-0.4, -0.2) is 9.97 Å². The van der Waals surface area contributed by atoms with Gasteiger partial charge >= 0.3 is 0 Å². The van der Waals surface area contributed by atoms with Gasteiger partial charge in [-0.25, -0.2) is 4.98 Å². The maximum Gasteiger partial charge on any atom is 0.251 e. The van der Waals surface area contributed by atoms with Crippen LogP contribution in [0.4, 0.5) is 0 Å². The fourth-order valence-electron chi connectivity index (χ4n) is 1.70. The van der Waals surface area contributed by atoms with E-state index in [1.54, 1.807) is 6.07 Å². The van der Waals surface area contributed by atoms with Crippen LogP contribution in [-0.2, 0) is 0 Å². The minimum Gasteiger partial charge on any atom is -0.307 e. The molecular weight excluding hydrogens is 292 g/mol. The maximum absolute atomic E-state index is 11.6. The van der Waals surface area contributed by atoms with Gasteiger partial charge in [0, 0.05) is 16.1 Å². The molecule has 0 spiro atoms. The van der Waals surface area contributed by atoms with Crippen molar-refractivity contribution in [1.82, 2.24) is 9.97 Å². The highest BCUT2D eigenvalue weighted by molar-refractivity contribution is 9.10. The van der Waals surface area contributed by atoms with Gasteiger partial charge < -0.3 is 4.98 Å². The van der Waals surface area contributed by atoms with Crippen molar-refractivity contribution in [2.45, 2.75) is 26.7 Å².